The molecule has 0 heterocycles. The maximum Gasteiger partial charge on any atom is 0.113 e. The number of thiocarbonyl (C=S) groups is 1. The molecule has 2 N–H and O–H groups in total. The molecule has 7 heteroatoms. The summed E-state index contributed by atoms with van der Waals surface area (Å²) in [7, 11) is 1.78. The number of rotatable bonds is 8. The zero-order chi connectivity index (χ0) is 16.2. The molecule has 1 fully saturated rings. The lowest BCUT2D eigenvalue weighted by molar-refractivity contribution is -0.0000373. The van der Waals surface area contributed by atoms with E-state index < -0.39 is 10.5 Å². The van der Waals surface area contributed by atoms with Crippen molar-refractivity contribution in [3.8, 4) is 0 Å². The van der Waals surface area contributed by atoms with E-state index in [4.69, 9.17) is 23.2 Å². The molecule has 0 radical (unpaired) electrons. The van der Waals surface area contributed by atoms with Crippen LogP contribution < -0.4 is 5.32 Å². The van der Waals surface area contributed by atoms with Gasteiger partial charge in [-0.05, 0) is 24.5 Å². The Balaban J connectivity index is 2.15. The van der Waals surface area contributed by atoms with Crippen molar-refractivity contribution in [1.29, 1.82) is 0 Å². The quantitative estimate of drug-likeness (QED) is 0.246. The van der Waals surface area contributed by atoms with Gasteiger partial charge in [-0.25, -0.2) is 0 Å². The summed E-state index contributed by atoms with van der Waals surface area (Å²) in [4.78, 5) is -0.618. The lowest BCUT2D eigenvalue weighted by Gasteiger charge is -2.36. The van der Waals surface area contributed by atoms with Crippen LogP contribution in [0.1, 0.15) is 18.4 Å². The fraction of sp³-hybridized carbons (Fsp3) is 0.467. The molecule has 2 rings (SSSR count). The molecule has 1 aliphatic rings. The third-order valence-electron chi connectivity index (χ3n) is 3.85. The first-order chi connectivity index (χ1) is 10.4. The summed E-state index contributed by atoms with van der Waals surface area (Å²) < 4.78 is 0. The largest absolute Gasteiger partial charge is 0.386 e. The van der Waals surface area contributed by atoms with Crippen LogP contribution in [0.2, 0.25) is 5.02 Å². The number of likely N-dealkylation sites (N-methyl/N-ethyl adjacent to an activating group) is 1. The highest BCUT2D eigenvalue weighted by molar-refractivity contribution is 7.78. The Morgan fingerprint density at radius 1 is 1.50 bits per heavy atom. The van der Waals surface area contributed by atoms with E-state index in [2.05, 4.69) is 22.6 Å². The number of nitrogens with one attached hydrogen (secondary N) is 1. The Labute approximate surface area is 146 Å². The highest BCUT2D eigenvalue weighted by atomic mass is 35.5. The Morgan fingerprint density at radius 3 is 2.77 bits per heavy atom. The number of hydrogen-bond acceptors (Lipinski definition) is 4. The van der Waals surface area contributed by atoms with Crippen molar-refractivity contribution >= 4 is 47.2 Å². The summed E-state index contributed by atoms with van der Waals surface area (Å²) in [6, 6.07) is 7.50. The summed E-state index contributed by atoms with van der Waals surface area (Å²) in [5, 5.41) is 20.3. The van der Waals surface area contributed by atoms with Crippen LogP contribution >= 0.6 is 35.4 Å². The van der Waals surface area contributed by atoms with Crippen molar-refractivity contribution in [2.24, 2.45) is 5.10 Å². The van der Waals surface area contributed by atoms with Crippen LogP contribution in [-0.4, -0.2) is 46.0 Å². The van der Waals surface area contributed by atoms with Gasteiger partial charge in [-0.15, -0.1) is 11.6 Å². The van der Waals surface area contributed by atoms with Crippen molar-refractivity contribution in [3.63, 3.8) is 0 Å². The van der Waals surface area contributed by atoms with E-state index in [0.29, 0.717) is 18.0 Å². The first-order valence-electron chi connectivity index (χ1n) is 6.98. The van der Waals surface area contributed by atoms with Gasteiger partial charge in [-0.2, -0.15) is 5.10 Å². The zero-order valence-corrected chi connectivity index (χ0v) is 14.6. The number of hydrazone groups is 1. The van der Waals surface area contributed by atoms with E-state index in [1.54, 1.807) is 12.1 Å². The molecule has 1 unspecified atom stereocenters. The van der Waals surface area contributed by atoms with Crippen LogP contribution in [0.25, 0.3) is 0 Å². The van der Waals surface area contributed by atoms with Gasteiger partial charge in [0.05, 0.1) is 16.9 Å². The Bertz CT molecular complexity index is 565. The Kier molecular flexibility index (Phi) is 5.66. The standard InChI is InChI=1S/C15H19Cl2N3OS/c1-20(19-10-18-11-22)9-15(21,14(17)6-7-14)8-12-4-2-3-5-13(12)16/h2-5,10-11,21H,6-9H2,1H3,(H,18,19,22). The normalized spacial score (nSPS) is 18.7. The number of alkyl halides is 1. The highest BCUT2D eigenvalue weighted by Gasteiger charge is 2.58. The number of hydrogen-bond donors (Lipinski definition) is 2. The molecule has 1 aromatic rings. The van der Waals surface area contributed by atoms with E-state index >= 15 is 0 Å². The van der Waals surface area contributed by atoms with Gasteiger partial charge in [0.2, 0.25) is 0 Å². The maximum absolute atomic E-state index is 11.2. The molecule has 1 atom stereocenters. The van der Waals surface area contributed by atoms with Crippen LogP contribution in [0.4, 0.5) is 0 Å². The molecule has 0 aromatic heterocycles. The maximum atomic E-state index is 11.2. The van der Waals surface area contributed by atoms with Gasteiger partial charge in [-0.1, -0.05) is 42.0 Å². The third-order valence-corrected chi connectivity index (χ3v) is 5.09. The van der Waals surface area contributed by atoms with Gasteiger partial charge >= 0.3 is 0 Å². The summed E-state index contributed by atoms with van der Waals surface area (Å²) in [6.45, 7) is 0.303. The monoisotopic (exact) mass is 359 g/mol. The van der Waals surface area contributed by atoms with Crippen LogP contribution in [0.3, 0.4) is 0 Å². The van der Waals surface area contributed by atoms with Crippen LogP contribution in [0.5, 0.6) is 0 Å². The van der Waals surface area contributed by atoms with Crippen molar-refractivity contribution in [1.82, 2.24) is 10.3 Å². The summed E-state index contributed by atoms with van der Waals surface area (Å²) in [6.07, 6.45) is 3.42. The van der Waals surface area contributed by atoms with Gasteiger partial charge in [0.15, 0.2) is 0 Å². The van der Waals surface area contributed by atoms with E-state index in [1.807, 2.05) is 24.3 Å². The van der Waals surface area contributed by atoms with Gasteiger partial charge in [0, 0.05) is 18.5 Å². The van der Waals surface area contributed by atoms with Gasteiger partial charge in [0.1, 0.15) is 11.9 Å². The fourth-order valence-corrected chi connectivity index (χ4v) is 2.95. The number of nitrogens with zero attached hydrogens (tertiary/aromatic N) is 2. The van der Waals surface area contributed by atoms with Gasteiger partial charge < -0.3 is 10.4 Å². The topological polar surface area (TPSA) is 47.9 Å². The van der Waals surface area contributed by atoms with E-state index in [-0.39, 0.29) is 0 Å². The lowest BCUT2D eigenvalue weighted by Crippen LogP contribution is -2.50. The predicted octanol–water partition coefficient (Wildman–Crippen LogP) is 2.81. The van der Waals surface area contributed by atoms with Crippen LogP contribution in [0, 0.1) is 0 Å². The van der Waals surface area contributed by atoms with Crippen LogP contribution in [-0.2, 0) is 6.42 Å². The van der Waals surface area contributed by atoms with Gasteiger partial charge in [-0.3, -0.25) is 5.01 Å². The number of benzene rings is 1. The SMILES string of the molecule is CN(CC(O)(Cc1ccccc1Cl)C1(Cl)CC1)/N=C\NC=S. The smallest absolute Gasteiger partial charge is 0.113 e. The highest BCUT2D eigenvalue weighted by Crippen LogP contribution is 2.52. The minimum Gasteiger partial charge on any atom is -0.386 e. The molecule has 0 aliphatic heterocycles. The second-order valence-corrected chi connectivity index (χ2v) is 6.98. The molecular weight excluding hydrogens is 341 g/mol. The summed E-state index contributed by atoms with van der Waals surface area (Å²) in [5.41, 5.74) is 1.13. The first kappa shape index (κ1) is 17.5. The van der Waals surface area contributed by atoms with E-state index in [9.17, 15) is 5.11 Å². The third kappa shape index (κ3) is 4.10. The second kappa shape index (κ2) is 7.13. The molecule has 1 saturated carbocycles. The minimum absolute atomic E-state index is 0.303. The molecule has 0 saturated heterocycles. The molecular formula is C15H19Cl2N3OS. The van der Waals surface area contributed by atoms with Crippen molar-refractivity contribution in [2.45, 2.75) is 29.7 Å². The average molecular weight is 360 g/mol. The van der Waals surface area contributed by atoms with Gasteiger partial charge in [0.25, 0.3) is 0 Å². The van der Waals surface area contributed by atoms with Crippen molar-refractivity contribution < 1.29 is 5.11 Å². The average Bonchev–Trinajstić information content (AvgIpc) is 3.21. The minimum atomic E-state index is -1.11. The predicted molar refractivity (Wildman–Crippen MR) is 95.8 cm³/mol. The number of aliphatic hydroxyl groups is 1. The number of halogens is 2. The molecule has 0 spiro atoms. The summed E-state index contributed by atoms with van der Waals surface area (Å²) >= 11 is 17.4. The molecule has 4 nitrogen and oxygen atoms in total. The first-order valence-corrected chi connectivity index (χ1v) is 8.21. The molecule has 0 bridgehead atoms. The van der Waals surface area contributed by atoms with Crippen molar-refractivity contribution in [2.75, 3.05) is 13.6 Å². The Hall–Kier alpha value is -0.880. The molecule has 0 amide bonds. The molecule has 1 aliphatic carbocycles. The molecule has 1 aromatic carbocycles. The fourth-order valence-electron chi connectivity index (χ4n) is 2.47. The van der Waals surface area contributed by atoms with E-state index in [0.717, 1.165) is 18.4 Å². The molecule has 22 heavy (non-hydrogen) atoms. The Morgan fingerprint density at radius 2 is 2.18 bits per heavy atom. The summed E-state index contributed by atoms with van der Waals surface area (Å²) in [5.74, 6) is 0. The van der Waals surface area contributed by atoms with E-state index in [1.165, 1.54) is 11.8 Å². The van der Waals surface area contributed by atoms with Crippen LogP contribution in [0.15, 0.2) is 29.4 Å². The lowest BCUT2D eigenvalue weighted by atomic mass is 9.88. The van der Waals surface area contributed by atoms with Crippen molar-refractivity contribution in [3.05, 3.63) is 34.9 Å². The second-order valence-electron chi connectivity index (χ2n) is 5.61. The zero-order valence-electron chi connectivity index (χ0n) is 12.3. The molecule has 120 valence electrons.